The van der Waals surface area contributed by atoms with Crippen molar-refractivity contribution in [1.82, 2.24) is 15.5 Å². The lowest BCUT2D eigenvalue weighted by Crippen LogP contribution is -2.55. The molecule has 7 heteroatoms. The molecular formula is C32H43N3O4. The van der Waals surface area contributed by atoms with Gasteiger partial charge in [-0.2, -0.15) is 0 Å². The minimum atomic E-state index is -0.950. The number of hydrogen-bond donors (Lipinski definition) is 2. The zero-order chi connectivity index (χ0) is 29.2. The quantitative estimate of drug-likeness (QED) is 0.401. The third-order valence-electron chi connectivity index (χ3n) is 5.76. The third kappa shape index (κ3) is 10.5. The molecule has 7 nitrogen and oxygen atoms in total. The van der Waals surface area contributed by atoms with E-state index in [0.29, 0.717) is 24.1 Å². The minimum Gasteiger partial charge on any atom is -0.444 e. The maximum Gasteiger partial charge on any atom is 0.408 e. The molecule has 0 bridgehead atoms. The average molecular weight is 534 g/mol. The van der Waals surface area contributed by atoms with Crippen LogP contribution in [0.2, 0.25) is 0 Å². The highest BCUT2D eigenvalue weighted by Crippen LogP contribution is 2.25. The number of alkyl carbamates (subject to hydrolysis) is 1. The van der Waals surface area contributed by atoms with Crippen LogP contribution in [0.15, 0.2) is 54.6 Å². The standard InChI is InChI=1S/C32H43N3O4/c1-9-11-21-35(27(28(36)34-31(3,4)5)25-19-17-23(10-2)18-20-25)29(37)26(22-24-15-13-12-14-16-24)33-30(38)39-32(6,7)8/h2,12-20,26-27H,9,11,21-22H2,1,3-8H3,(H,33,38)(H,34,36). The summed E-state index contributed by atoms with van der Waals surface area (Å²) in [5.74, 6) is 1.91. The molecular weight excluding hydrogens is 490 g/mol. The number of carbonyl (C=O) groups excluding carboxylic acids is 3. The van der Waals surface area contributed by atoms with Crippen molar-refractivity contribution in [2.75, 3.05) is 6.54 Å². The molecule has 0 aromatic heterocycles. The molecule has 3 amide bonds. The second-order valence-electron chi connectivity index (χ2n) is 11.7. The van der Waals surface area contributed by atoms with Gasteiger partial charge in [-0.1, -0.05) is 61.7 Å². The molecule has 0 radical (unpaired) electrons. The van der Waals surface area contributed by atoms with E-state index in [-0.39, 0.29) is 18.2 Å². The highest BCUT2D eigenvalue weighted by molar-refractivity contribution is 5.92. The predicted molar refractivity (Wildman–Crippen MR) is 155 cm³/mol. The Hall–Kier alpha value is -3.79. The van der Waals surface area contributed by atoms with Crippen LogP contribution in [0.4, 0.5) is 4.79 Å². The van der Waals surface area contributed by atoms with E-state index in [1.54, 1.807) is 49.9 Å². The van der Waals surface area contributed by atoms with Crippen LogP contribution in [0.5, 0.6) is 0 Å². The predicted octanol–water partition coefficient (Wildman–Crippen LogP) is 5.39. The summed E-state index contributed by atoms with van der Waals surface area (Å²) in [7, 11) is 0. The van der Waals surface area contributed by atoms with Gasteiger partial charge in [0, 0.05) is 24.1 Å². The van der Waals surface area contributed by atoms with Crippen molar-refractivity contribution in [3.63, 3.8) is 0 Å². The van der Waals surface area contributed by atoms with Crippen molar-refractivity contribution in [2.24, 2.45) is 0 Å². The second-order valence-corrected chi connectivity index (χ2v) is 11.7. The Morgan fingerprint density at radius 2 is 1.59 bits per heavy atom. The van der Waals surface area contributed by atoms with Gasteiger partial charge in [0.15, 0.2) is 0 Å². The molecule has 2 aromatic carbocycles. The summed E-state index contributed by atoms with van der Waals surface area (Å²) < 4.78 is 5.48. The van der Waals surface area contributed by atoms with E-state index >= 15 is 0 Å². The number of ether oxygens (including phenoxy) is 1. The van der Waals surface area contributed by atoms with Crippen molar-refractivity contribution in [1.29, 1.82) is 0 Å². The molecule has 0 aliphatic rings. The average Bonchev–Trinajstić information content (AvgIpc) is 2.84. The maximum absolute atomic E-state index is 14.3. The fraction of sp³-hybridized carbons (Fsp3) is 0.469. The second kappa shape index (κ2) is 13.8. The molecule has 0 saturated heterocycles. The van der Waals surface area contributed by atoms with Crippen molar-refractivity contribution in [3.05, 3.63) is 71.3 Å². The van der Waals surface area contributed by atoms with Gasteiger partial charge in [0.2, 0.25) is 11.8 Å². The number of terminal acetylenes is 1. The van der Waals surface area contributed by atoms with E-state index in [2.05, 4.69) is 16.6 Å². The normalized spacial score (nSPS) is 13.0. The molecule has 0 saturated carbocycles. The summed E-state index contributed by atoms with van der Waals surface area (Å²) in [6.45, 7) is 13.3. The molecule has 39 heavy (non-hydrogen) atoms. The topological polar surface area (TPSA) is 87.7 Å². The summed E-state index contributed by atoms with van der Waals surface area (Å²) in [4.78, 5) is 42.5. The highest BCUT2D eigenvalue weighted by Gasteiger charge is 2.37. The minimum absolute atomic E-state index is 0.241. The van der Waals surface area contributed by atoms with Crippen LogP contribution in [0, 0.1) is 12.3 Å². The van der Waals surface area contributed by atoms with Gasteiger partial charge in [0.05, 0.1) is 0 Å². The summed E-state index contributed by atoms with van der Waals surface area (Å²) in [6.07, 6.45) is 6.59. The van der Waals surface area contributed by atoms with Crippen molar-refractivity contribution in [2.45, 2.75) is 91.0 Å². The lowest BCUT2D eigenvalue weighted by Gasteiger charge is -2.36. The number of amides is 3. The van der Waals surface area contributed by atoms with Crippen molar-refractivity contribution >= 4 is 17.9 Å². The zero-order valence-electron chi connectivity index (χ0n) is 24.3. The van der Waals surface area contributed by atoms with Gasteiger partial charge in [-0.3, -0.25) is 9.59 Å². The Labute approximate surface area is 233 Å². The van der Waals surface area contributed by atoms with Crippen LogP contribution in [0.3, 0.4) is 0 Å². The maximum atomic E-state index is 14.3. The Balaban J connectivity index is 2.57. The van der Waals surface area contributed by atoms with E-state index in [9.17, 15) is 14.4 Å². The van der Waals surface area contributed by atoms with Crippen LogP contribution >= 0.6 is 0 Å². The summed E-state index contributed by atoms with van der Waals surface area (Å²) in [5.41, 5.74) is 0.924. The summed E-state index contributed by atoms with van der Waals surface area (Å²) in [6, 6.07) is 14.7. The molecule has 2 unspecified atom stereocenters. The van der Waals surface area contributed by atoms with Gasteiger partial charge in [0.1, 0.15) is 17.7 Å². The zero-order valence-corrected chi connectivity index (χ0v) is 24.3. The number of rotatable bonds is 10. The molecule has 0 aliphatic heterocycles. The smallest absolute Gasteiger partial charge is 0.408 e. The Kier molecular flexibility index (Phi) is 11.2. The largest absolute Gasteiger partial charge is 0.444 e. The molecule has 2 rings (SSSR count). The summed E-state index contributed by atoms with van der Waals surface area (Å²) in [5, 5.41) is 5.81. The molecule has 210 valence electrons. The lowest BCUT2D eigenvalue weighted by atomic mass is 9.98. The van der Waals surface area contributed by atoms with Gasteiger partial charge in [-0.15, -0.1) is 6.42 Å². The molecule has 2 N–H and O–H groups in total. The van der Waals surface area contributed by atoms with Gasteiger partial charge in [-0.05, 0) is 71.2 Å². The van der Waals surface area contributed by atoms with Crippen molar-refractivity contribution in [3.8, 4) is 12.3 Å². The fourth-order valence-corrected chi connectivity index (χ4v) is 4.07. The third-order valence-corrected chi connectivity index (χ3v) is 5.76. The van der Waals surface area contributed by atoms with Gasteiger partial charge >= 0.3 is 6.09 Å². The van der Waals surface area contributed by atoms with Crippen LogP contribution in [-0.2, 0) is 20.7 Å². The number of nitrogens with one attached hydrogen (secondary N) is 2. The van der Waals surface area contributed by atoms with E-state index in [4.69, 9.17) is 11.2 Å². The van der Waals surface area contributed by atoms with E-state index in [1.165, 1.54) is 0 Å². The number of hydrogen-bond acceptors (Lipinski definition) is 4. The first-order chi connectivity index (χ1) is 18.2. The number of carbonyl (C=O) groups is 3. The molecule has 0 spiro atoms. The van der Waals surface area contributed by atoms with Gasteiger partial charge in [0.25, 0.3) is 0 Å². The molecule has 2 atom stereocenters. The van der Waals surface area contributed by atoms with Gasteiger partial charge in [-0.25, -0.2) is 4.79 Å². The Morgan fingerprint density at radius 3 is 2.10 bits per heavy atom. The molecule has 0 heterocycles. The number of benzene rings is 2. The SMILES string of the molecule is C#Cc1ccc(C(C(=O)NC(C)(C)C)N(CCCC)C(=O)C(Cc2ccccc2)NC(=O)OC(C)(C)C)cc1. The van der Waals surface area contributed by atoms with Crippen LogP contribution < -0.4 is 10.6 Å². The fourth-order valence-electron chi connectivity index (χ4n) is 4.07. The van der Waals surface area contributed by atoms with E-state index in [1.807, 2.05) is 58.0 Å². The van der Waals surface area contributed by atoms with Crippen molar-refractivity contribution < 1.29 is 19.1 Å². The molecule has 2 aromatic rings. The van der Waals surface area contributed by atoms with Crippen LogP contribution in [-0.4, -0.2) is 46.5 Å². The van der Waals surface area contributed by atoms with Crippen LogP contribution in [0.25, 0.3) is 0 Å². The first kappa shape index (κ1) is 31.4. The first-order valence-corrected chi connectivity index (χ1v) is 13.5. The molecule has 0 aliphatic carbocycles. The Morgan fingerprint density at radius 1 is 0.974 bits per heavy atom. The van der Waals surface area contributed by atoms with E-state index in [0.717, 1.165) is 12.0 Å². The summed E-state index contributed by atoms with van der Waals surface area (Å²) >= 11 is 0. The monoisotopic (exact) mass is 533 g/mol. The highest BCUT2D eigenvalue weighted by atomic mass is 16.6. The van der Waals surface area contributed by atoms with E-state index < -0.39 is 29.3 Å². The lowest BCUT2D eigenvalue weighted by molar-refractivity contribution is -0.143. The van der Waals surface area contributed by atoms with Gasteiger partial charge < -0.3 is 20.3 Å². The number of unbranched alkanes of at least 4 members (excludes halogenated alkanes) is 1. The first-order valence-electron chi connectivity index (χ1n) is 13.5. The molecule has 0 fully saturated rings. The van der Waals surface area contributed by atoms with Crippen LogP contribution in [0.1, 0.15) is 84.0 Å². The number of nitrogens with zero attached hydrogens (tertiary/aromatic N) is 1. The Bertz CT molecular complexity index is 1140.